The van der Waals surface area contributed by atoms with Gasteiger partial charge < -0.3 is 10.2 Å². The topological polar surface area (TPSA) is 45.2 Å². The third-order valence-electron chi connectivity index (χ3n) is 4.94. The van der Waals surface area contributed by atoms with Gasteiger partial charge in [0.2, 0.25) is 0 Å². The van der Waals surface area contributed by atoms with Gasteiger partial charge in [-0.05, 0) is 30.2 Å². The van der Waals surface area contributed by atoms with Crippen molar-refractivity contribution in [1.29, 1.82) is 0 Å². The van der Waals surface area contributed by atoms with Crippen LogP contribution in [0, 0.1) is 0 Å². The van der Waals surface area contributed by atoms with Crippen molar-refractivity contribution in [3.63, 3.8) is 0 Å². The summed E-state index contributed by atoms with van der Waals surface area (Å²) in [5.74, 6) is 2.04. The van der Waals surface area contributed by atoms with E-state index in [1.165, 1.54) is 5.56 Å². The van der Waals surface area contributed by atoms with Crippen LogP contribution >= 0.6 is 11.8 Å². The average Bonchev–Trinajstić information content (AvgIpc) is 2.74. The molecule has 1 amide bonds. The Morgan fingerprint density at radius 1 is 1.11 bits per heavy atom. The Kier molecular flexibility index (Phi) is 5.30. The van der Waals surface area contributed by atoms with Crippen molar-refractivity contribution in [2.45, 2.75) is 13.3 Å². The smallest absolute Gasteiger partial charge is 0.257 e. The minimum Gasteiger partial charge on any atom is -0.354 e. The van der Waals surface area contributed by atoms with Gasteiger partial charge in [-0.2, -0.15) is 11.8 Å². The zero-order chi connectivity index (χ0) is 18.6. The molecule has 4 rings (SSSR count). The maximum atomic E-state index is 13.2. The molecule has 0 unspecified atom stereocenters. The number of hydrogen-bond donors (Lipinski definition) is 1. The Labute approximate surface area is 164 Å². The van der Waals surface area contributed by atoms with Crippen LogP contribution < -0.4 is 5.32 Å². The number of thioether (sulfide) groups is 1. The molecule has 3 aromatic rings. The number of nitrogens with zero attached hydrogens (tertiary/aromatic N) is 2. The molecule has 0 aliphatic carbocycles. The van der Waals surface area contributed by atoms with Crippen LogP contribution in [0.4, 0.5) is 11.4 Å². The van der Waals surface area contributed by atoms with Crippen LogP contribution in [-0.4, -0.2) is 40.4 Å². The van der Waals surface area contributed by atoms with Crippen molar-refractivity contribution in [1.82, 2.24) is 9.88 Å². The molecule has 0 spiro atoms. The lowest BCUT2D eigenvalue weighted by molar-refractivity contribution is 0.0773. The number of carbonyl (C=O) groups is 1. The summed E-state index contributed by atoms with van der Waals surface area (Å²) < 4.78 is 0. The van der Waals surface area contributed by atoms with Crippen LogP contribution in [0.15, 0.2) is 54.7 Å². The van der Waals surface area contributed by atoms with Gasteiger partial charge in [0, 0.05) is 41.9 Å². The van der Waals surface area contributed by atoms with Gasteiger partial charge in [-0.25, -0.2) is 0 Å². The van der Waals surface area contributed by atoms with E-state index in [9.17, 15) is 4.79 Å². The summed E-state index contributed by atoms with van der Waals surface area (Å²) in [6, 6.07) is 16.3. The Balaban J connectivity index is 1.76. The number of aromatic nitrogens is 1. The van der Waals surface area contributed by atoms with Gasteiger partial charge in [0.05, 0.1) is 16.8 Å². The molecule has 0 bridgehead atoms. The number of para-hydroxylation sites is 1. The third-order valence-corrected chi connectivity index (χ3v) is 5.88. The molecule has 1 N–H and O–H groups in total. The number of pyridine rings is 1. The SMILES string of the molecule is CCc1ccc(Nc2c(C(=O)N3CCSCC3)cnc3ccccc23)cc1. The molecule has 4 nitrogen and oxygen atoms in total. The van der Waals surface area contributed by atoms with Gasteiger partial charge in [-0.3, -0.25) is 9.78 Å². The fraction of sp³-hybridized carbons (Fsp3) is 0.273. The Hall–Kier alpha value is -2.53. The first-order valence-corrected chi connectivity index (χ1v) is 10.5. The predicted octanol–water partition coefficient (Wildman–Crippen LogP) is 4.73. The molecule has 1 aliphatic rings. The molecule has 0 atom stereocenters. The first-order chi connectivity index (χ1) is 13.3. The standard InChI is InChI=1S/C22H23N3OS/c1-2-16-7-9-17(10-8-16)24-21-18-5-3-4-6-20(18)23-15-19(21)22(26)25-11-13-27-14-12-25/h3-10,15H,2,11-14H2,1H3,(H,23,24). The van der Waals surface area contributed by atoms with Crippen molar-refractivity contribution < 1.29 is 4.79 Å². The number of rotatable bonds is 4. The molecule has 5 heteroatoms. The number of fused-ring (bicyclic) bond motifs is 1. The van der Waals surface area contributed by atoms with Crippen molar-refractivity contribution in [2.75, 3.05) is 29.9 Å². The second-order valence-electron chi connectivity index (χ2n) is 6.64. The third kappa shape index (κ3) is 3.78. The van der Waals surface area contributed by atoms with E-state index in [0.29, 0.717) is 5.56 Å². The molecular formula is C22H23N3OS. The van der Waals surface area contributed by atoms with Crippen LogP contribution in [-0.2, 0) is 6.42 Å². The van der Waals surface area contributed by atoms with Gasteiger partial charge in [-0.1, -0.05) is 37.3 Å². The predicted molar refractivity (Wildman–Crippen MR) is 114 cm³/mol. The zero-order valence-corrected chi connectivity index (χ0v) is 16.3. The lowest BCUT2D eigenvalue weighted by Crippen LogP contribution is -2.38. The molecule has 27 heavy (non-hydrogen) atoms. The second-order valence-corrected chi connectivity index (χ2v) is 7.87. The fourth-order valence-electron chi connectivity index (χ4n) is 3.34. The van der Waals surface area contributed by atoms with Crippen molar-refractivity contribution >= 4 is 39.9 Å². The van der Waals surface area contributed by atoms with Crippen LogP contribution in [0.3, 0.4) is 0 Å². The Morgan fingerprint density at radius 2 is 1.85 bits per heavy atom. The largest absolute Gasteiger partial charge is 0.354 e. The first-order valence-electron chi connectivity index (χ1n) is 9.37. The lowest BCUT2D eigenvalue weighted by Gasteiger charge is -2.27. The van der Waals surface area contributed by atoms with E-state index in [4.69, 9.17) is 0 Å². The number of benzene rings is 2. The van der Waals surface area contributed by atoms with E-state index in [-0.39, 0.29) is 5.91 Å². The number of amides is 1. The summed E-state index contributed by atoms with van der Waals surface area (Å²) in [6.07, 6.45) is 2.73. The van der Waals surface area contributed by atoms with Gasteiger partial charge in [0.1, 0.15) is 0 Å². The van der Waals surface area contributed by atoms with E-state index in [1.807, 2.05) is 40.9 Å². The molecule has 1 fully saturated rings. The monoisotopic (exact) mass is 377 g/mol. The van der Waals surface area contributed by atoms with E-state index in [0.717, 1.165) is 53.3 Å². The molecule has 0 saturated carbocycles. The molecule has 138 valence electrons. The highest BCUT2D eigenvalue weighted by molar-refractivity contribution is 7.99. The minimum absolute atomic E-state index is 0.0567. The maximum Gasteiger partial charge on any atom is 0.257 e. The average molecular weight is 378 g/mol. The number of carbonyl (C=O) groups excluding carboxylic acids is 1. The fourth-order valence-corrected chi connectivity index (χ4v) is 4.25. The summed E-state index contributed by atoms with van der Waals surface area (Å²) in [7, 11) is 0. The highest BCUT2D eigenvalue weighted by atomic mass is 32.2. The van der Waals surface area contributed by atoms with Crippen molar-refractivity contribution in [2.24, 2.45) is 0 Å². The van der Waals surface area contributed by atoms with Crippen LogP contribution in [0.2, 0.25) is 0 Å². The lowest BCUT2D eigenvalue weighted by atomic mass is 10.1. The van der Waals surface area contributed by atoms with E-state index < -0.39 is 0 Å². The van der Waals surface area contributed by atoms with Crippen LogP contribution in [0.1, 0.15) is 22.8 Å². The first kappa shape index (κ1) is 17.9. The van der Waals surface area contributed by atoms with E-state index >= 15 is 0 Å². The maximum absolute atomic E-state index is 13.2. The minimum atomic E-state index is 0.0567. The van der Waals surface area contributed by atoms with E-state index in [2.05, 4.69) is 41.5 Å². The molecule has 0 radical (unpaired) electrons. The zero-order valence-electron chi connectivity index (χ0n) is 15.4. The van der Waals surface area contributed by atoms with Crippen molar-refractivity contribution in [3.8, 4) is 0 Å². The normalized spacial score (nSPS) is 14.3. The molecule has 2 aromatic carbocycles. The number of hydrogen-bond acceptors (Lipinski definition) is 4. The Morgan fingerprint density at radius 3 is 2.59 bits per heavy atom. The number of aryl methyl sites for hydroxylation is 1. The Bertz CT molecular complexity index is 949. The summed E-state index contributed by atoms with van der Waals surface area (Å²) in [5.41, 5.74) is 4.64. The summed E-state index contributed by atoms with van der Waals surface area (Å²) >= 11 is 1.90. The van der Waals surface area contributed by atoms with Gasteiger partial charge in [0.15, 0.2) is 0 Å². The summed E-state index contributed by atoms with van der Waals surface area (Å²) in [6.45, 7) is 3.73. The van der Waals surface area contributed by atoms with Gasteiger partial charge in [-0.15, -0.1) is 0 Å². The molecule has 1 aliphatic heterocycles. The highest BCUT2D eigenvalue weighted by Gasteiger charge is 2.23. The van der Waals surface area contributed by atoms with E-state index in [1.54, 1.807) is 6.20 Å². The van der Waals surface area contributed by atoms with Gasteiger partial charge in [0.25, 0.3) is 5.91 Å². The van der Waals surface area contributed by atoms with Gasteiger partial charge >= 0.3 is 0 Å². The highest BCUT2D eigenvalue weighted by Crippen LogP contribution is 2.30. The van der Waals surface area contributed by atoms with Crippen LogP contribution in [0.25, 0.3) is 10.9 Å². The second kappa shape index (κ2) is 8.01. The van der Waals surface area contributed by atoms with Crippen LogP contribution in [0.5, 0.6) is 0 Å². The number of nitrogens with one attached hydrogen (secondary N) is 1. The summed E-state index contributed by atoms with van der Waals surface area (Å²) in [4.78, 5) is 19.7. The molecule has 1 saturated heterocycles. The number of anilines is 2. The quantitative estimate of drug-likeness (QED) is 0.714. The molecule has 2 heterocycles. The molecule has 1 aromatic heterocycles. The molecular weight excluding hydrogens is 354 g/mol. The van der Waals surface area contributed by atoms with Crippen molar-refractivity contribution in [3.05, 3.63) is 65.9 Å². The summed E-state index contributed by atoms with van der Waals surface area (Å²) in [5, 5.41) is 4.46.